The van der Waals surface area contributed by atoms with Crippen LogP contribution in [0.5, 0.6) is 0 Å². The van der Waals surface area contributed by atoms with Crippen molar-refractivity contribution in [3.63, 3.8) is 0 Å². The van der Waals surface area contributed by atoms with Gasteiger partial charge in [0.05, 0.1) is 0 Å². The van der Waals surface area contributed by atoms with Gasteiger partial charge in [-0.25, -0.2) is 4.58 Å². The van der Waals surface area contributed by atoms with Gasteiger partial charge in [0.1, 0.15) is 20.3 Å². The van der Waals surface area contributed by atoms with Gasteiger partial charge in [-0.15, -0.1) is 0 Å². The first-order valence-electron chi connectivity index (χ1n) is 4.37. The molecule has 3 heteroatoms. The lowest BCUT2D eigenvalue weighted by atomic mass is 10.3. The first-order chi connectivity index (χ1) is 5.63. The van der Waals surface area contributed by atoms with E-state index in [0.29, 0.717) is 0 Å². The average molecular weight is 175 g/mol. The van der Waals surface area contributed by atoms with E-state index in [9.17, 15) is 4.79 Å². The average Bonchev–Trinajstić information content (AvgIpc) is 1.95. The van der Waals surface area contributed by atoms with Crippen molar-refractivity contribution in [2.45, 2.75) is 26.2 Å². The Morgan fingerprint density at radius 1 is 1.42 bits per heavy atom. The van der Waals surface area contributed by atoms with Crippen LogP contribution in [0.25, 0.3) is 0 Å². The minimum absolute atomic E-state index is 0.0617. The summed E-state index contributed by atoms with van der Waals surface area (Å²) in [6.07, 6.45) is 5.43. The molecule has 0 unspecified atom stereocenters. The summed E-state index contributed by atoms with van der Waals surface area (Å²) in [4.78, 5) is 10.5. The number of nitrogens with one attached hydrogen (secondary N) is 1. The zero-order valence-electron chi connectivity index (χ0n) is 8.26. The second kappa shape index (κ2) is 6.83. The molecule has 3 nitrogen and oxygen atoms in total. The predicted octanol–water partition coefficient (Wildman–Crippen LogP) is 0.636. The van der Waals surface area contributed by atoms with Gasteiger partial charge in [-0.3, -0.25) is 4.79 Å². The van der Waals surface area contributed by atoms with E-state index in [-0.39, 0.29) is 5.91 Å². The Kier molecular flexibility index (Phi) is 6.34. The van der Waals surface area contributed by atoms with Crippen LogP contribution in [0.2, 0.25) is 0 Å². The molecule has 0 aliphatic rings. The van der Waals surface area contributed by atoms with E-state index in [1.807, 2.05) is 14.1 Å². The molecule has 0 bridgehead atoms. The summed E-state index contributed by atoms with van der Waals surface area (Å²) in [5, 5.41) is 2.77. The molecule has 0 heterocycles. The van der Waals surface area contributed by atoms with E-state index in [1.54, 1.807) is 6.92 Å². The molecule has 0 aromatic rings. The van der Waals surface area contributed by atoms with Gasteiger partial charge in [0.25, 0.3) is 0 Å². The highest BCUT2D eigenvalue weighted by Crippen LogP contribution is 1.90. The second-order valence-corrected chi connectivity index (χ2v) is 3.12. The van der Waals surface area contributed by atoms with Crippen LogP contribution < -0.4 is 5.32 Å². The number of rotatable bonds is 5. The minimum Gasteiger partial charge on any atom is -0.356 e. The molecule has 1 N–H and O–H groups in total. The third-order valence-electron chi connectivity index (χ3n) is 1.50. The van der Waals surface area contributed by atoms with Crippen LogP contribution in [-0.4, -0.2) is 37.3 Å². The number of amides is 1. The minimum atomic E-state index is 0.0617. The van der Waals surface area contributed by atoms with Gasteiger partial charge in [0.15, 0.2) is 0 Å². The number of unbranched alkanes of at least 4 members (excludes halogenated alkanes) is 2. The lowest BCUT2D eigenvalue weighted by molar-refractivity contribution is -0.460. The summed E-state index contributed by atoms with van der Waals surface area (Å²) in [7, 11) is 4.04. The summed E-state index contributed by atoms with van der Waals surface area (Å²) in [5.74, 6) is 0.0617. The summed E-state index contributed by atoms with van der Waals surface area (Å²) in [6, 6.07) is 0. The largest absolute Gasteiger partial charge is 0.356 e. The Morgan fingerprint density at radius 3 is 2.58 bits per heavy atom. The molecular formula is C9H19N2O+. The first-order valence-corrected chi connectivity index (χ1v) is 4.37. The van der Waals surface area contributed by atoms with Gasteiger partial charge >= 0.3 is 0 Å². The lowest BCUT2D eigenvalue weighted by Gasteiger charge is -1.98. The van der Waals surface area contributed by atoms with Crippen molar-refractivity contribution < 1.29 is 9.37 Å². The molecule has 0 saturated heterocycles. The third kappa shape index (κ3) is 9.14. The van der Waals surface area contributed by atoms with Crippen molar-refractivity contribution in [3.05, 3.63) is 0 Å². The molecule has 0 aliphatic heterocycles. The van der Waals surface area contributed by atoms with Crippen LogP contribution in [0.3, 0.4) is 0 Å². The summed E-state index contributed by atoms with van der Waals surface area (Å²) in [5.41, 5.74) is 0. The SMILES string of the molecule is C[15N+](C)=CCCC[13CH2]N[13C]([13CH3])=O. The Balaban J connectivity index is 3.11. The van der Waals surface area contributed by atoms with Crippen molar-refractivity contribution in [2.75, 3.05) is 20.6 Å². The van der Waals surface area contributed by atoms with Crippen LogP contribution in [0.1, 0.15) is 26.2 Å². The maximum absolute atomic E-state index is 10.5. The van der Waals surface area contributed by atoms with E-state index >= 15 is 0 Å². The molecule has 0 aromatic carbocycles. The summed E-state index contributed by atoms with van der Waals surface area (Å²) < 4.78 is 2.05. The number of carbonyl (C=O) groups is 1. The van der Waals surface area contributed by atoms with Gasteiger partial charge in [-0.2, -0.15) is 0 Å². The van der Waals surface area contributed by atoms with Crippen molar-refractivity contribution in [2.24, 2.45) is 0 Å². The zero-order chi connectivity index (χ0) is 9.40. The fraction of sp³-hybridized carbons (Fsp3) is 0.778. The monoisotopic (exact) mass is 175 g/mol. The number of hydrogen-bond acceptors (Lipinski definition) is 1. The fourth-order valence-electron chi connectivity index (χ4n) is 0.883. The molecular weight excluding hydrogens is 156 g/mol. The Bertz CT molecular complexity index is 160. The third-order valence-corrected chi connectivity index (χ3v) is 1.50. The quantitative estimate of drug-likeness (QED) is 0.215. The Morgan fingerprint density at radius 2 is 2.08 bits per heavy atom. The maximum Gasteiger partial charge on any atom is 0.216 e. The van der Waals surface area contributed by atoms with Crippen molar-refractivity contribution in [1.82, 2.24) is 5.32 Å². The zero-order valence-corrected chi connectivity index (χ0v) is 8.26. The summed E-state index contributed by atoms with van der Waals surface area (Å²) >= 11 is 0. The normalized spacial score (nSPS) is 9.25. The molecule has 70 valence electrons. The van der Waals surface area contributed by atoms with Crippen molar-refractivity contribution in [1.29, 1.82) is 0 Å². The summed E-state index contributed by atoms with van der Waals surface area (Å²) in [6.45, 7) is 2.35. The molecule has 0 aliphatic carbocycles. The van der Waals surface area contributed by atoms with Crippen LogP contribution in [-0.2, 0) is 4.79 Å². The van der Waals surface area contributed by atoms with Crippen LogP contribution in [0, 0.1) is 0 Å². The van der Waals surface area contributed by atoms with E-state index in [2.05, 4.69) is 16.1 Å². The highest BCUT2D eigenvalue weighted by atomic mass is 16.2. The second-order valence-electron chi connectivity index (χ2n) is 3.12. The molecule has 0 aromatic heterocycles. The lowest BCUT2D eigenvalue weighted by Crippen LogP contribution is -2.20. The van der Waals surface area contributed by atoms with Gasteiger partial charge in [-0.1, -0.05) is 0 Å². The Labute approximate surface area is 74.5 Å². The molecule has 1 amide bonds. The van der Waals surface area contributed by atoms with Crippen LogP contribution in [0.4, 0.5) is 0 Å². The highest BCUT2D eigenvalue weighted by molar-refractivity contribution is 5.72. The number of hydrogen-bond donors (Lipinski definition) is 1. The van der Waals surface area contributed by atoms with Crippen LogP contribution in [0.15, 0.2) is 0 Å². The van der Waals surface area contributed by atoms with E-state index in [1.165, 1.54) is 0 Å². The number of carbonyl (C=O) groups excluding carboxylic acids is 1. The fourth-order valence-corrected chi connectivity index (χ4v) is 0.883. The Hall–Kier alpha value is -0.860. The molecule has 0 rings (SSSR count). The molecule has 0 radical (unpaired) electrons. The maximum atomic E-state index is 10.5. The first kappa shape index (κ1) is 11.1. The predicted molar refractivity (Wildman–Crippen MR) is 50.7 cm³/mol. The van der Waals surface area contributed by atoms with Gasteiger partial charge in [0.2, 0.25) is 5.91 Å². The van der Waals surface area contributed by atoms with Crippen LogP contribution >= 0.6 is 0 Å². The highest BCUT2D eigenvalue weighted by Gasteiger charge is 1.91. The van der Waals surface area contributed by atoms with E-state index < -0.39 is 0 Å². The molecule has 0 fully saturated rings. The number of nitrogens with zero attached hydrogens (tertiary/aromatic N) is 1. The molecule has 0 saturated carbocycles. The van der Waals surface area contributed by atoms with Gasteiger partial charge in [-0.05, 0) is 12.8 Å². The van der Waals surface area contributed by atoms with E-state index in [0.717, 1.165) is 25.8 Å². The van der Waals surface area contributed by atoms with E-state index in [4.69, 9.17) is 0 Å². The topological polar surface area (TPSA) is 32.1 Å². The van der Waals surface area contributed by atoms with Gasteiger partial charge in [0, 0.05) is 19.9 Å². The molecule has 0 spiro atoms. The van der Waals surface area contributed by atoms with Crippen molar-refractivity contribution in [3.8, 4) is 0 Å². The smallest absolute Gasteiger partial charge is 0.216 e. The molecule has 12 heavy (non-hydrogen) atoms. The standard InChI is InChI=1S/C9H18N2O/c1-9(12)10-7-5-4-6-8-11(2)3/h8H,4-7H2,1-3H3/p+1/i1+1,7+1,9+1,11+1. The van der Waals surface area contributed by atoms with Crippen molar-refractivity contribution >= 4 is 12.1 Å². The molecule has 0 atom stereocenters. The van der Waals surface area contributed by atoms with Gasteiger partial charge < -0.3 is 5.32 Å².